The van der Waals surface area contributed by atoms with Gasteiger partial charge in [-0.05, 0) is 12.1 Å². The fraction of sp³-hybridized carbons (Fsp3) is 0. The van der Waals surface area contributed by atoms with E-state index in [0.29, 0.717) is 0 Å². The van der Waals surface area contributed by atoms with E-state index in [-0.39, 0.29) is 0 Å². The van der Waals surface area contributed by atoms with Crippen LogP contribution in [0.15, 0.2) is 35.2 Å². The molecule has 0 atom stereocenters. The zero-order valence-electron chi connectivity index (χ0n) is 4.79. The van der Waals surface area contributed by atoms with Crippen molar-refractivity contribution in [1.82, 2.24) is 0 Å². The van der Waals surface area contributed by atoms with Crippen LogP contribution in [-0.4, -0.2) is 7.26 Å². The summed E-state index contributed by atoms with van der Waals surface area (Å²) in [5, 5.41) is 0. The summed E-state index contributed by atoms with van der Waals surface area (Å²) < 4.78 is 0. The zero-order valence-corrected chi connectivity index (χ0v) is 6.44. The van der Waals surface area contributed by atoms with Gasteiger partial charge in [-0.1, -0.05) is 18.2 Å². The van der Waals surface area contributed by atoms with Gasteiger partial charge in [-0.3, -0.25) is 0 Å². The summed E-state index contributed by atoms with van der Waals surface area (Å²) in [4.78, 5) is 1.02. The highest BCUT2D eigenvalue weighted by atomic mass is 35.5. The van der Waals surface area contributed by atoms with Crippen LogP contribution >= 0.6 is 24.1 Å². The van der Waals surface area contributed by atoms with Gasteiger partial charge in [-0.25, -0.2) is 11.5 Å². The zero-order chi connectivity index (χ0) is 7.11. The Labute approximate surface area is 67.0 Å². The molecular weight excluding hydrogens is 150 g/mol. The largest absolute Gasteiger partial charge is 0.214 e. The number of thiol groups is 1. The Morgan fingerprint density at radius 3 is 1.78 bits per heavy atom. The monoisotopic (exact) mass is 156 g/mol. The molecule has 0 N–H and O–H groups in total. The molecule has 0 aromatic heterocycles. The average molecular weight is 156 g/mol. The number of hydrogen-bond acceptors (Lipinski definition) is 1. The summed E-state index contributed by atoms with van der Waals surface area (Å²) in [5.41, 5.74) is 0. The van der Waals surface area contributed by atoms with Crippen LogP contribution < -0.4 is 0 Å². The van der Waals surface area contributed by atoms with Crippen molar-refractivity contribution in [2.75, 3.05) is 0 Å². The molecule has 0 heterocycles. The molecule has 0 aliphatic carbocycles. The third kappa shape index (κ3) is 4.43. The summed E-state index contributed by atoms with van der Waals surface area (Å²) >= 11 is 8.22. The fourth-order valence-electron chi connectivity index (χ4n) is 0.428. The van der Waals surface area contributed by atoms with Gasteiger partial charge in [0.25, 0.3) is 0 Å². The van der Waals surface area contributed by atoms with Crippen LogP contribution in [0.2, 0.25) is 0 Å². The van der Waals surface area contributed by atoms with Crippen molar-refractivity contribution >= 4 is 31.4 Å². The SMILES string of the molecule is Sc1ccccc1.[B]Cl. The second-order valence-electron chi connectivity index (χ2n) is 1.34. The lowest BCUT2D eigenvalue weighted by atomic mass is 10.4. The Balaban J connectivity index is 0.000000291. The van der Waals surface area contributed by atoms with Crippen LogP contribution in [-0.2, 0) is 0 Å². The third-order valence-corrected chi connectivity index (χ3v) is 1.05. The molecule has 0 fully saturated rings. The number of halogens is 1. The Morgan fingerprint density at radius 1 is 1.11 bits per heavy atom. The van der Waals surface area contributed by atoms with Crippen molar-refractivity contribution in [3.05, 3.63) is 30.3 Å². The molecule has 1 rings (SSSR count). The molecule has 9 heavy (non-hydrogen) atoms. The first-order valence-electron chi connectivity index (χ1n) is 2.35. The van der Waals surface area contributed by atoms with Crippen molar-refractivity contribution in [2.24, 2.45) is 0 Å². The Morgan fingerprint density at radius 2 is 1.56 bits per heavy atom. The number of rotatable bonds is 0. The molecule has 0 saturated carbocycles. The van der Waals surface area contributed by atoms with Gasteiger partial charge in [0, 0.05) is 4.90 Å². The van der Waals surface area contributed by atoms with E-state index in [0.717, 1.165) is 4.90 Å². The Kier molecular flexibility index (Phi) is 6.00. The molecule has 0 spiro atoms. The first-order valence-corrected chi connectivity index (χ1v) is 3.24. The van der Waals surface area contributed by atoms with E-state index < -0.39 is 0 Å². The van der Waals surface area contributed by atoms with E-state index in [2.05, 4.69) is 31.4 Å². The predicted octanol–water partition coefficient (Wildman–Crippen LogP) is 2.28. The lowest BCUT2D eigenvalue weighted by Gasteiger charge is -1.81. The normalized spacial score (nSPS) is 7.33. The van der Waals surface area contributed by atoms with Crippen LogP contribution in [0, 0.1) is 0 Å². The fourth-order valence-corrected chi connectivity index (χ4v) is 0.600. The van der Waals surface area contributed by atoms with Gasteiger partial charge in [-0.2, -0.15) is 0 Å². The van der Waals surface area contributed by atoms with Crippen molar-refractivity contribution in [3.63, 3.8) is 0 Å². The van der Waals surface area contributed by atoms with Crippen LogP contribution in [0.4, 0.5) is 0 Å². The second-order valence-corrected chi connectivity index (χ2v) is 1.85. The van der Waals surface area contributed by atoms with Gasteiger partial charge in [0.2, 0.25) is 7.26 Å². The standard InChI is InChI=1S/C6H6S.BCl/c7-6-4-2-1-3-5-6;1-2/h1-5,7H;. The maximum atomic E-state index is 4.14. The maximum Gasteiger partial charge on any atom is 0.214 e. The highest BCUT2D eigenvalue weighted by Gasteiger charge is 1.73. The van der Waals surface area contributed by atoms with Gasteiger partial charge >= 0.3 is 0 Å². The van der Waals surface area contributed by atoms with Gasteiger partial charge in [0.05, 0.1) is 0 Å². The second kappa shape index (κ2) is 6.05. The van der Waals surface area contributed by atoms with E-state index in [9.17, 15) is 0 Å². The molecule has 3 heteroatoms. The lowest BCUT2D eigenvalue weighted by molar-refractivity contribution is 1.48. The third-order valence-electron chi connectivity index (χ3n) is 0.756. The summed E-state index contributed by atoms with van der Waals surface area (Å²) in [6, 6.07) is 9.79. The minimum Gasteiger partial charge on any atom is -0.214 e. The minimum absolute atomic E-state index is 1.02. The predicted molar refractivity (Wildman–Crippen MR) is 45.3 cm³/mol. The minimum atomic E-state index is 1.02. The van der Waals surface area contributed by atoms with Crippen molar-refractivity contribution in [3.8, 4) is 0 Å². The maximum absolute atomic E-state index is 4.14. The van der Waals surface area contributed by atoms with E-state index in [1.54, 1.807) is 0 Å². The van der Waals surface area contributed by atoms with Crippen LogP contribution in [0.25, 0.3) is 0 Å². The molecule has 0 bridgehead atoms. The molecular formula is C6H6BClS. The molecule has 0 nitrogen and oxygen atoms in total. The van der Waals surface area contributed by atoms with E-state index in [4.69, 9.17) is 0 Å². The van der Waals surface area contributed by atoms with E-state index >= 15 is 0 Å². The summed E-state index contributed by atoms with van der Waals surface area (Å²) in [6.07, 6.45) is 0. The van der Waals surface area contributed by atoms with Gasteiger partial charge in [-0.15, -0.1) is 12.6 Å². The van der Waals surface area contributed by atoms with E-state index in [1.165, 1.54) is 0 Å². The molecule has 0 aliphatic rings. The molecule has 0 amide bonds. The highest BCUT2D eigenvalue weighted by Crippen LogP contribution is 2.00. The average Bonchev–Trinajstić information content (AvgIpc) is 1.94. The highest BCUT2D eigenvalue weighted by molar-refractivity contribution is 7.80. The van der Waals surface area contributed by atoms with Gasteiger partial charge in [0.1, 0.15) is 0 Å². The summed E-state index contributed by atoms with van der Waals surface area (Å²) in [6.45, 7) is 0. The molecule has 0 aliphatic heterocycles. The summed E-state index contributed by atoms with van der Waals surface area (Å²) in [7, 11) is 3.97. The summed E-state index contributed by atoms with van der Waals surface area (Å²) in [5.74, 6) is 0. The quantitative estimate of drug-likeness (QED) is 0.432. The lowest BCUT2D eigenvalue weighted by Crippen LogP contribution is -1.56. The smallest absolute Gasteiger partial charge is 0.214 e. The van der Waals surface area contributed by atoms with Crippen LogP contribution in [0.5, 0.6) is 0 Å². The molecule has 0 saturated heterocycles. The number of hydrogen-bond donors (Lipinski definition) is 1. The van der Waals surface area contributed by atoms with Crippen molar-refractivity contribution in [1.29, 1.82) is 0 Å². The van der Waals surface area contributed by atoms with Crippen LogP contribution in [0.1, 0.15) is 0 Å². The molecule has 46 valence electrons. The molecule has 1 aromatic carbocycles. The first-order chi connectivity index (χ1) is 4.39. The first kappa shape index (κ1) is 8.92. The van der Waals surface area contributed by atoms with Crippen LogP contribution in [0.3, 0.4) is 0 Å². The van der Waals surface area contributed by atoms with Crippen molar-refractivity contribution < 1.29 is 0 Å². The molecule has 1 aromatic rings. The number of benzene rings is 1. The molecule has 0 unspecified atom stereocenters. The topological polar surface area (TPSA) is 0 Å². The Hall–Kier alpha value is -0.0751. The van der Waals surface area contributed by atoms with E-state index in [1.807, 2.05) is 30.3 Å². The molecule has 2 radical (unpaired) electrons. The van der Waals surface area contributed by atoms with Gasteiger partial charge < -0.3 is 0 Å². The van der Waals surface area contributed by atoms with Gasteiger partial charge in [0.15, 0.2) is 0 Å². The van der Waals surface area contributed by atoms with Crippen molar-refractivity contribution in [2.45, 2.75) is 4.90 Å². The Bertz CT molecular complexity index is 143.